The van der Waals surface area contributed by atoms with Crippen molar-refractivity contribution >= 4 is 17.8 Å². The summed E-state index contributed by atoms with van der Waals surface area (Å²) >= 11 is 0. The molecule has 1 fully saturated rings. The van der Waals surface area contributed by atoms with Crippen molar-refractivity contribution in [1.82, 2.24) is 10.2 Å². The fourth-order valence-corrected chi connectivity index (χ4v) is 2.22. The molecule has 0 atom stereocenters. The molecule has 21 heavy (non-hydrogen) atoms. The number of esters is 1. The number of ether oxygens (including phenoxy) is 1. The highest BCUT2D eigenvalue weighted by Gasteiger charge is 2.24. The summed E-state index contributed by atoms with van der Waals surface area (Å²) in [5, 5.41) is 11.2. The first-order valence-electron chi connectivity index (χ1n) is 7.16. The first-order valence-corrected chi connectivity index (χ1v) is 7.16. The van der Waals surface area contributed by atoms with E-state index in [0.717, 1.165) is 0 Å². The fourth-order valence-electron chi connectivity index (χ4n) is 2.22. The molecule has 7 nitrogen and oxygen atoms in total. The standard InChI is InChI=1S/C14H21N3O4/c1-2-21-14(20)4-3-13(19)17-9-6-11(7-10-17)16-12(18)5-8-15/h11H,2-7,9-10H2,1H3,(H,16,18). The molecule has 1 aliphatic rings. The summed E-state index contributed by atoms with van der Waals surface area (Å²) in [6.07, 6.45) is 1.46. The summed E-state index contributed by atoms with van der Waals surface area (Å²) in [4.78, 5) is 36.1. The van der Waals surface area contributed by atoms with E-state index in [0.29, 0.717) is 32.5 Å². The second kappa shape index (κ2) is 8.95. The molecule has 0 spiro atoms. The summed E-state index contributed by atoms with van der Waals surface area (Å²) in [5.74, 6) is -0.695. The summed E-state index contributed by atoms with van der Waals surface area (Å²) in [7, 11) is 0. The first-order chi connectivity index (χ1) is 10.1. The Morgan fingerprint density at radius 1 is 1.29 bits per heavy atom. The number of amides is 2. The number of carbonyl (C=O) groups is 3. The van der Waals surface area contributed by atoms with Crippen LogP contribution in [-0.4, -0.2) is 48.4 Å². The predicted molar refractivity (Wildman–Crippen MR) is 73.8 cm³/mol. The highest BCUT2D eigenvalue weighted by molar-refractivity contribution is 5.81. The van der Waals surface area contributed by atoms with Crippen LogP contribution in [0.5, 0.6) is 0 Å². The molecule has 1 N–H and O–H groups in total. The van der Waals surface area contributed by atoms with Crippen LogP contribution in [0.3, 0.4) is 0 Å². The molecule has 1 aliphatic heterocycles. The number of rotatable bonds is 6. The number of nitrogens with one attached hydrogen (secondary N) is 1. The second-order valence-corrected chi connectivity index (χ2v) is 4.86. The topological polar surface area (TPSA) is 99.5 Å². The van der Waals surface area contributed by atoms with E-state index in [1.165, 1.54) is 0 Å². The minimum absolute atomic E-state index is 0.0138. The summed E-state index contributed by atoms with van der Waals surface area (Å²) in [6.45, 7) is 3.16. The summed E-state index contributed by atoms with van der Waals surface area (Å²) < 4.78 is 4.78. The molecule has 0 radical (unpaired) electrons. The second-order valence-electron chi connectivity index (χ2n) is 4.86. The Morgan fingerprint density at radius 2 is 1.95 bits per heavy atom. The molecule has 0 aromatic heterocycles. The van der Waals surface area contributed by atoms with Crippen molar-refractivity contribution in [3.8, 4) is 6.07 Å². The van der Waals surface area contributed by atoms with Crippen molar-refractivity contribution in [2.24, 2.45) is 0 Å². The zero-order chi connectivity index (χ0) is 15.7. The van der Waals surface area contributed by atoms with Gasteiger partial charge in [0.1, 0.15) is 6.42 Å². The monoisotopic (exact) mass is 295 g/mol. The Morgan fingerprint density at radius 3 is 2.52 bits per heavy atom. The molecule has 0 saturated carbocycles. The van der Waals surface area contributed by atoms with Gasteiger partial charge in [0.05, 0.1) is 19.1 Å². The number of hydrogen-bond acceptors (Lipinski definition) is 5. The van der Waals surface area contributed by atoms with E-state index in [2.05, 4.69) is 5.32 Å². The molecule has 0 aliphatic carbocycles. The zero-order valence-corrected chi connectivity index (χ0v) is 12.3. The van der Waals surface area contributed by atoms with Gasteiger partial charge >= 0.3 is 5.97 Å². The van der Waals surface area contributed by atoms with Gasteiger partial charge < -0.3 is 15.0 Å². The first kappa shape index (κ1) is 17.0. The Labute approximate surface area is 124 Å². The van der Waals surface area contributed by atoms with Crippen molar-refractivity contribution < 1.29 is 19.1 Å². The molecule has 0 unspecified atom stereocenters. The maximum absolute atomic E-state index is 11.9. The lowest BCUT2D eigenvalue weighted by Gasteiger charge is -2.32. The fraction of sp³-hybridized carbons (Fsp3) is 0.714. The highest BCUT2D eigenvalue weighted by atomic mass is 16.5. The molecule has 1 heterocycles. The van der Waals surface area contributed by atoms with E-state index in [1.54, 1.807) is 17.9 Å². The van der Waals surface area contributed by atoms with Gasteiger partial charge in [0.25, 0.3) is 0 Å². The smallest absolute Gasteiger partial charge is 0.306 e. The number of nitrogens with zero attached hydrogens (tertiary/aromatic N) is 2. The number of carbonyl (C=O) groups excluding carboxylic acids is 3. The highest BCUT2D eigenvalue weighted by Crippen LogP contribution is 2.12. The van der Waals surface area contributed by atoms with Crippen LogP contribution in [0.4, 0.5) is 0 Å². The average molecular weight is 295 g/mol. The summed E-state index contributed by atoms with van der Waals surface area (Å²) in [5.41, 5.74) is 0. The van der Waals surface area contributed by atoms with Crippen LogP contribution in [0.25, 0.3) is 0 Å². The molecule has 116 valence electrons. The van der Waals surface area contributed by atoms with Gasteiger partial charge in [0.15, 0.2) is 0 Å². The lowest BCUT2D eigenvalue weighted by atomic mass is 10.0. The largest absolute Gasteiger partial charge is 0.466 e. The van der Waals surface area contributed by atoms with Crippen molar-refractivity contribution in [1.29, 1.82) is 5.26 Å². The molecule has 0 aromatic rings. The van der Waals surface area contributed by atoms with Crippen LogP contribution >= 0.6 is 0 Å². The van der Waals surface area contributed by atoms with Gasteiger partial charge in [-0.3, -0.25) is 14.4 Å². The van der Waals surface area contributed by atoms with Gasteiger partial charge in [-0.25, -0.2) is 0 Å². The lowest BCUT2D eigenvalue weighted by molar-refractivity contribution is -0.146. The molecule has 2 amide bonds. The van der Waals surface area contributed by atoms with Crippen LogP contribution in [-0.2, 0) is 19.1 Å². The third-order valence-corrected chi connectivity index (χ3v) is 3.30. The number of piperidine rings is 1. The van der Waals surface area contributed by atoms with E-state index in [-0.39, 0.29) is 43.1 Å². The molecule has 0 bridgehead atoms. The van der Waals surface area contributed by atoms with Crippen LogP contribution in [0.2, 0.25) is 0 Å². The summed E-state index contributed by atoms with van der Waals surface area (Å²) in [6, 6.07) is 1.82. The van der Waals surface area contributed by atoms with E-state index < -0.39 is 0 Å². The maximum Gasteiger partial charge on any atom is 0.306 e. The third-order valence-electron chi connectivity index (χ3n) is 3.30. The van der Waals surface area contributed by atoms with Gasteiger partial charge in [-0.15, -0.1) is 0 Å². The van der Waals surface area contributed by atoms with Crippen LogP contribution in [0.15, 0.2) is 0 Å². The normalized spacial score (nSPS) is 15.1. The van der Waals surface area contributed by atoms with Gasteiger partial charge in [-0.05, 0) is 19.8 Å². The lowest BCUT2D eigenvalue weighted by Crippen LogP contribution is -2.46. The zero-order valence-electron chi connectivity index (χ0n) is 12.3. The van der Waals surface area contributed by atoms with Crippen molar-refractivity contribution in [3.05, 3.63) is 0 Å². The molecule has 7 heteroatoms. The van der Waals surface area contributed by atoms with Gasteiger partial charge in [-0.1, -0.05) is 0 Å². The molecule has 1 saturated heterocycles. The Kier molecular flexibility index (Phi) is 7.23. The predicted octanol–water partition coefficient (Wildman–Crippen LogP) is 0.351. The van der Waals surface area contributed by atoms with Crippen molar-refractivity contribution in [3.63, 3.8) is 0 Å². The maximum atomic E-state index is 11.9. The minimum Gasteiger partial charge on any atom is -0.466 e. The van der Waals surface area contributed by atoms with Crippen molar-refractivity contribution in [2.75, 3.05) is 19.7 Å². The van der Waals surface area contributed by atoms with Gasteiger partial charge in [-0.2, -0.15) is 5.26 Å². The number of hydrogen-bond donors (Lipinski definition) is 1. The Hall–Kier alpha value is -2.10. The number of likely N-dealkylation sites (tertiary alicyclic amines) is 1. The Balaban J connectivity index is 2.26. The quantitative estimate of drug-likeness (QED) is 0.713. The van der Waals surface area contributed by atoms with Crippen LogP contribution < -0.4 is 5.32 Å². The van der Waals surface area contributed by atoms with Crippen LogP contribution in [0.1, 0.15) is 39.0 Å². The minimum atomic E-state index is -0.357. The SMILES string of the molecule is CCOC(=O)CCC(=O)N1CCC(NC(=O)CC#N)CC1. The van der Waals surface area contributed by atoms with Crippen LogP contribution in [0, 0.1) is 11.3 Å². The third kappa shape index (κ3) is 6.25. The average Bonchev–Trinajstić information content (AvgIpc) is 2.46. The van der Waals surface area contributed by atoms with Gasteiger partial charge in [0, 0.05) is 25.6 Å². The molecule has 1 rings (SSSR count). The number of nitriles is 1. The van der Waals surface area contributed by atoms with Gasteiger partial charge in [0.2, 0.25) is 11.8 Å². The molecular formula is C14H21N3O4. The molecule has 0 aromatic carbocycles. The van der Waals surface area contributed by atoms with E-state index >= 15 is 0 Å². The Bertz CT molecular complexity index is 422. The van der Waals surface area contributed by atoms with E-state index in [4.69, 9.17) is 10.00 Å². The van der Waals surface area contributed by atoms with Crippen molar-refractivity contribution in [2.45, 2.75) is 45.1 Å². The molecular weight excluding hydrogens is 274 g/mol. The van der Waals surface area contributed by atoms with E-state index in [9.17, 15) is 14.4 Å². The van der Waals surface area contributed by atoms with E-state index in [1.807, 2.05) is 0 Å².